The van der Waals surface area contributed by atoms with E-state index in [1.807, 2.05) is 12.1 Å². The summed E-state index contributed by atoms with van der Waals surface area (Å²) in [6, 6.07) is 6.17. The predicted octanol–water partition coefficient (Wildman–Crippen LogP) is 3.60. The summed E-state index contributed by atoms with van der Waals surface area (Å²) in [6.45, 7) is 0.556. The highest BCUT2D eigenvalue weighted by atomic mass is 35.5. The average molecular weight is 251 g/mol. The standard InChI is InChI=1S/C13H12ClFN2/c14-12-5-10(9-1-2-9)3-4-11(12)6-17-7-13(15)16-8-17/h3-5,7-9H,1-2,6H2. The Labute approximate surface area is 104 Å². The van der Waals surface area contributed by atoms with E-state index in [1.165, 1.54) is 30.9 Å². The number of aromatic nitrogens is 2. The smallest absolute Gasteiger partial charge is 0.230 e. The first-order chi connectivity index (χ1) is 8.22. The highest BCUT2D eigenvalue weighted by Crippen LogP contribution is 2.41. The number of benzene rings is 1. The lowest BCUT2D eigenvalue weighted by Gasteiger charge is -2.07. The fourth-order valence-corrected chi connectivity index (χ4v) is 2.23. The van der Waals surface area contributed by atoms with Gasteiger partial charge in [-0.15, -0.1) is 0 Å². The van der Waals surface area contributed by atoms with Gasteiger partial charge in [0.05, 0.1) is 19.1 Å². The van der Waals surface area contributed by atoms with Crippen LogP contribution in [0, 0.1) is 5.95 Å². The molecule has 1 aromatic heterocycles. The maximum atomic E-state index is 12.7. The Balaban J connectivity index is 1.83. The summed E-state index contributed by atoms with van der Waals surface area (Å²) in [5.74, 6) is 0.239. The quantitative estimate of drug-likeness (QED) is 0.814. The van der Waals surface area contributed by atoms with Gasteiger partial charge in [0.15, 0.2) is 0 Å². The third-order valence-corrected chi connectivity index (χ3v) is 3.43. The van der Waals surface area contributed by atoms with Gasteiger partial charge in [0.1, 0.15) is 0 Å². The van der Waals surface area contributed by atoms with Crippen LogP contribution in [0.1, 0.15) is 29.9 Å². The van der Waals surface area contributed by atoms with Crippen LogP contribution in [-0.4, -0.2) is 9.55 Å². The second-order valence-electron chi connectivity index (χ2n) is 4.49. The van der Waals surface area contributed by atoms with Crippen LogP contribution in [0.4, 0.5) is 4.39 Å². The average Bonchev–Trinajstić information content (AvgIpc) is 3.06. The summed E-state index contributed by atoms with van der Waals surface area (Å²) < 4.78 is 14.4. The maximum Gasteiger partial charge on any atom is 0.230 e. The normalized spacial score (nSPS) is 15.2. The molecule has 0 unspecified atom stereocenters. The van der Waals surface area contributed by atoms with Crippen molar-refractivity contribution in [1.29, 1.82) is 0 Å². The zero-order valence-electron chi connectivity index (χ0n) is 9.24. The molecule has 1 aliphatic rings. The van der Waals surface area contributed by atoms with Crippen LogP contribution in [-0.2, 0) is 6.54 Å². The molecular weight excluding hydrogens is 239 g/mol. The molecule has 0 saturated heterocycles. The Morgan fingerprint density at radius 1 is 1.41 bits per heavy atom. The van der Waals surface area contributed by atoms with E-state index in [0.717, 1.165) is 10.6 Å². The number of rotatable bonds is 3. The van der Waals surface area contributed by atoms with Crippen molar-refractivity contribution in [3.05, 3.63) is 52.8 Å². The molecule has 1 aliphatic carbocycles. The molecule has 17 heavy (non-hydrogen) atoms. The lowest BCUT2D eigenvalue weighted by Crippen LogP contribution is -1.97. The first-order valence-electron chi connectivity index (χ1n) is 5.68. The van der Waals surface area contributed by atoms with E-state index in [-0.39, 0.29) is 0 Å². The Kier molecular flexibility index (Phi) is 2.63. The van der Waals surface area contributed by atoms with Gasteiger partial charge < -0.3 is 4.57 Å². The van der Waals surface area contributed by atoms with Crippen molar-refractivity contribution in [2.45, 2.75) is 25.3 Å². The van der Waals surface area contributed by atoms with Crippen LogP contribution >= 0.6 is 11.6 Å². The summed E-state index contributed by atoms with van der Waals surface area (Å²) >= 11 is 6.23. The zero-order valence-corrected chi connectivity index (χ0v) is 9.99. The van der Waals surface area contributed by atoms with E-state index in [1.54, 1.807) is 4.57 Å². The van der Waals surface area contributed by atoms with E-state index in [9.17, 15) is 4.39 Å². The van der Waals surface area contributed by atoms with Gasteiger partial charge in [-0.2, -0.15) is 4.39 Å². The summed E-state index contributed by atoms with van der Waals surface area (Å²) in [5.41, 5.74) is 2.31. The van der Waals surface area contributed by atoms with E-state index >= 15 is 0 Å². The third-order valence-electron chi connectivity index (χ3n) is 3.08. The summed E-state index contributed by atoms with van der Waals surface area (Å²) in [6.07, 6.45) is 5.37. The van der Waals surface area contributed by atoms with Gasteiger partial charge in [-0.05, 0) is 36.0 Å². The minimum atomic E-state index is -0.462. The minimum Gasteiger partial charge on any atom is -0.330 e. The van der Waals surface area contributed by atoms with Crippen LogP contribution in [0.25, 0.3) is 0 Å². The largest absolute Gasteiger partial charge is 0.330 e. The monoisotopic (exact) mass is 250 g/mol. The molecule has 1 fully saturated rings. The van der Waals surface area contributed by atoms with Crippen LogP contribution in [0.3, 0.4) is 0 Å². The molecule has 0 atom stereocenters. The van der Waals surface area contributed by atoms with E-state index in [0.29, 0.717) is 12.5 Å². The predicted molar refractivity (Wildman–Crippen MR) is 64.7 cm³/mol. The molecule has 1 aromatic carbocycles. The van der Waals surface area contributed by atoms with E-state index in [2.05, 4.69) is 11.1 Å². The van der Waals surface area contributed by atoms with Gasteiger partial charge in [-0.25, -0.2) is 4.98 Å². The van der Waals surface area contributed by atoms with Crippen molar-refractivity contribution < 1.29 is 4.39 Å². The van der Waals surface area contributed by atoms with Gasteiger partial charge >= 0.3 is 0 Å². The molecule has 0 spiro atoms. The number of hydrogen-bond donors (Lipinski definition) is 0. The maximum absolute atomic E-state index is 12.7. The minimum absolute atomic E-state index is 0.462. The van der Waals surface area contributed by atoms with Crippen molar-refractivity contribution in [2.24, 2.45) is 0 Å². The fourth-order valence-electron chi connectivity index (χ4n) is 1.98. The fraction of sp³-hybridized carbons (Fsp3) is 0.308. The zero-order chi connectivity index (χ0) is 11.8. The topological polar surface area (TPSA) is 17.8 Å². The molecule has 4 heteroatoms. The molecule has 88 valence electrons. The molecule has 1 saturated carbocycles. The molecule has 1 heterocycles. The first kappa shape index (κ1) is 10.8. The molecule has 0 amide bonds. The molecule has 0 N–H and O–H groups in total. The van der Waals surface area contributed by atoms with Crippen molar-refractivity contribution in [3.63, 3.8) is 0 Å². The number of nitrogens with zero attached hydrogens (tertiary/aromatic N) is 2. The molecule has 0 bridgehead atoms. The van der Waals surface area contributed by atoms with Gasteiger partial charge in [0.2, 0.25) is 5.95 Å². The van der Waals surface area contributed by atoms with Crippen molar-refractivity contribution in [3.8, 4) is 0 Å². The van der Waals surface area contributed by atoms with E-state index in [4.69, 9.17) is 11.6 Å². The van der Waals surface area contributed by atoms with Gasteiger partial charge in [0, 0.05) is 5.02 Å². The Bertz CT molecular complexity index is 546. The van der Waals surface area contributed by atoms with E-state index < -0.39 is 5.95 Å². The SMILES string of the molecule is Fc1cn(Cc2ccc(C3CC3)cc2Cl)cn1. The van der Waals surface area contributed by atoms with Crippen LogP contribution < -0.4 is 0 Å². The summed E-state index contributed by atoms with van der Waals surface area (Å²) in [4.78, 5) is 3.55. The molecular formula is C13H12ClFN2. The number of halogens is 2. The van der Waals surface area contributed by atoms with Crippen LogP contribution in [0.15, 0.2) is 30.7 Å². The number of hydrogen-bond acceptors (Lipinski definition) is 1. The third kappa shape index (κ3) is 2.34. The van der Waals surface area contributed by atoms with Crippen molar-refractivity contribution in [2.75, 3.05) is 0 Å². The van der Waals surface area contributed by atoms with Crippen LogP contribution in [0.2, 0.25) is 5.02 Å². The number of imidazole rings is 1. The van der Waals surface area contributed by atoms with Gasteiger partial charge in [-0.3, -0.25) is 0 Å². The highest BCUT2D eigenvalue weighted by Gasteiger charge is 2.23. The second-order valence-corrected chi connectivity index (χ2v) is 4.90. The molecule has 0 radical (unpaired) electrons. The Hall–Kier alpha value is -1.35. The van der Waals surface area contributed by atoms with Gasteiger partial charge in [-0.1, -0.05) is 23.7 Å². The summed E-state index contributed by atoms with van der Waals surface area (Å²) in [7, 11) is 0. The molecule has 2 aromatic rings. The molecule has 3 rings (SSSR count). The summed E-state index contributed by atoms with van der Waals surface area (Å²) in [5, 5.41) is 0.753. The second kappa shape index (κ2) is 4.15. The Morgan fingerprint density at radius 3 is 2.82 bits per heavy atom. The first-order valence-corrected chi connectivity index (χ1v) is 6.06. The lowest BCUT2D eigenvalue weighted by atomic mass is 10.1. The van der Waals surface area contributed by atoms with Crippen LogP contribution in [0.5, 0.6) is 0 Å². The van der Waals surface area contributed by atoms with Crippen molar-refractivity contribution >= 4 is 11.6 Å². The highest BCUT2D eigenvalue weighted by molar-refractivity contribution is 6.31. The van der Waals surface area contributed by atoms with Crippen molar-refractivity contribution in [1.82, 2.24) is 9.55 Å². The molecule has 2 nitrogen and oxygen atoms in total. The Morgan fingerprint density at radius 2 is 2.24 bits per heavy atom. The molecule has 0 aliphatic heterocycles. The van der Waals surface area contributed by atoms with Gasteiger partial charge in [0.25, 0.3) is 0 Å². The lowest BCUT2D eigenvalue weighted by molar-refractivity contribution is 0.588.